The van der Waals surface area contributed by atoms with Crippen molar-refractivity contribution in [3.05, 3.63) is 34.9 Å². The van der Waals surface area contributed by atoms with E-state index in [1.165, 1.54) is 0 Å². The summed E-state index contributed by atoms with van der Waals surface area (Å²) in [5.41, 5.74) is 1.95. The quantitative estimate of drug-likeness (QED) is 0.647. The van der Waals surface area contributed by atoms with Gasteiger partial charge in [0.15, 0.2) is 0 Å². The summed E-state index contributed by atoms with van der Waals surface area (Å²) in [6.45, 7) is 1.84. The second-order valence-electron chi connectivity index (χ2n) is 3.46. The van der Waals surface area contributed by atoms with Gasteiger partial charge in [0, 0.05) is 10.9 Å². The standard InChI is InChI=1S/C11H13BrO3/c1-7-2-8(6-13)4-9(3-7)11(15)10(14)5-12/h2-4,6,10-11,14-15H,5H2,1H3. The van der Waals surface area contributed by atoms with Crippen molar-refractivity contribution >= 4 is 22.2 Å². The number of aldehydes is 1. The zero-order valence-electron chi connectivity index (χ0n) is 8.35. The highest BCUT2D eigenvalue weighted by molar-refractivity contribution is 9.09. The Morgan fingerprint density at radius 1 is 1.40 bits per heavy atom. The summed E-state index contributed by atoms with van der Waals surface area (Å²) >= 11 is 3.09. The number of hydrogen-bond donors (Lipinski definition) is 2. The van der Waals surface area contributed by atoms with Crippen LogP contribution in [0.5, 0.6) is 0 Å². The van der Waals surface area contributed by atoms with Crippen LogP contribution in [0.1, 0.15) is 27.6 Å². The minimum atomic E-state index is -0.969. The highest BCUT2D eigenvalue weighted by atomic mass is 79.9. The Balaban J connectivity index is 3.02. The highest BCUT2D eigenvalue weighted by Crippen LogP contribution is 2.20. The van der Waals surface area contributed by atoms with Gasteiger partial charge in [-0.2, -0.15) is 0 Å². The van der Waals surface area contributed by atoms with E-state index in [-0.39, 0.29) is 0 Å². The molecule has 0 aliphatic carbocycles. The van der Waals surface area contributed by atoms with Crippen LogP contribution in [0, 0.1) is 6.92 Å². The van der Waals surface area contributed by atoms with E-state index in [0.717, 1.165) is 11.8 Å². The summed E-state index contributed by atoms with van der Waals surface area (Å²) < 4.78 is 0. The number of aliphatic hydroxyl groups excluding tert-OH is 2. The lowest BCUT2D eigenvalue weighted by atomic mass is 10.0. The first-order chi connectivity index (χ1) is 7.08. The van der Waals surface area contributed by atoms with Gasteiger partial charge >= 0.3 is 0 Å². The number of alkyl halides is 1. The molecule has 0 amide bonds. The van der Waals surface area contributed by atoms with Crippen LogP contribution >= 0.6 is 15.9 Å². The molecule has 2 N–H and O–H groups in total. The first-order valence-electron chi connectivity index (χ1n) is 4.57. The number of halogens is 1. The second-order valence-corrected chi connectivity index (χ2v) is 4.11. The molecule has 1 aromatic rings. The van der Waals surface area contributed by atoms with Crippen LogP contribution in [0.2, 0.25) is 0 Å². The van der Waals surface area contributed by atoms with Crippen molar-refractivity contribution in [2.24, 2.45) is 0 Å². The van der Waals surface area contributed by atoms with Gasteiger partial charge in [0.05, 0.1) is 6.10 Å². The van der Waals surface area contributed by atoms with Gasteiger partial charge in [-0.05, 0) is 24.6 Å². The molecule has 0 radical (unpaired) electrons. The zero-order valence-corrected chi connectivity index (χ0v) is 9.94. The molecule has 3 nitrogen and oxygen atoms in total. The average Bonchev–Trinajstić information content (AvgIpc) is 2.26. The highest BCUT2D eigenvalue weighted by Gasteiger charge is 2.17. The lowest BCUT2D eigenvalue weighted by Gasteiger charge is -2.16. The second kappa shape index (κ2) is 5.39. The summed E-state index contributed by atoms with van der Waals surface area (Å²) in [6, 6.07) is 5.06. The Bertz CT molecular complexity index is 352. The first kappa shape index (κ1) is 12.4. The Kier molecular flexibility index (Phi) is 4.45. The number of aliphatic hydroxyl groups is 2. The first-order valence-corrected chi connectivity index (χ1v) is 5.69. The molecule has 0 aliphatic rings. The predicted molar refractivity (Wildman–Crippen MR) is 61.3 cm³/mol. The normalized spacial score (nSPS) is 14.7. The molecule has 0 spiro atoms. The van der Waals surface area contributed by atoms with E-state index >= 15 is 0 Å². The van der Waals surface area contributed by atoms with Gasteiger partial charge in [0.1, 0.15) is 12.4 Å². The fourth-order valence-corrected chi connectivity index (χ4v) is 1.74. The van der Waals surface area contributed by atoms with Crippen molar-refractivity contribution < 1.29 is 15.0 Å². The molecule has 0 aromatic heterocycles. The maximum Gasteiger partial charge on any atom is 0.150 e. The minimum Gasteiger partial charge on any atom is -0.389 e. The average molecular weight is 273 g/mol. The smallest absolute Gasteiger partial charge is 0.150 e. The Labute approximate surface area is 96.9 Å². The number of carbonyl (C=O) groups excluding carboxylic acids is 1. The number of rotatable bonds is 4. The van der Waals surface area contributed by atoms with E-state index in [4.69, 9.17) is 0 Å². The SMILES string of the molecule is Cc1cc(C=O)cc(C(O)C(O)CBr)c1. The van der Waals surface area contributed by atoms with E-state index in [1.54, 1.807) is 18.2 Å². The van der Waals surface area contributed by atoms with E-state index in [0.29, 0.717) is 16.5 Å². The molecule has 0 saturated carbocycles. The third kappa shape index (κ3) is 3.12. The van der Waals surface area contributed by atoms with Crippen LogP contribution in [-0.2, 0) is 0 Å². The van der Waals surface area contributed by atoms with Gasteiger partial charge in [-0.25, -0.2) is 0 Å². The summed E-state index contributed by atoms with van der Waals surface area (Å²) in [5.74, 6) is 0. The largest absolute Gasteiger partial charge is 0.389 e. The van der Waals surface area contributed by atoms with Gasteiger partial charge in [-0.15, -0.1) is 0 Å². The van der Waals surface area contributed by atoms with Crippen molar-refractivity contribution in [1.82, 2.24) is 0 Å². The monoisotopic (exact) mass is 272 g/mol. The molecule has 15 heavy (non-hydrogen) atoms. The van der Waals surface area contributed by atoms with Gasteiger partial charge in [-0.1, -0.05) is 27.6 Å². The molecule has 0 heterocycles. The molecule has 0 bridgehead atoms. The molecule has 4 heteroatoms. The molecule has 0 fully saturated rings. The van der Waals surface area contributed by atoms with Gasteiger partial charge in [0.25, 0.3) is 0 Å². The molecule has 1 rings (SSSR count). The summed E-state index contributed by atoms with van der Waals surface area (Å²) in [4.78, 5) is 10.6. The zero-order chi connectivity index (χ0) is 11.4. The lowest BCUT2D eigenvalue weighted by molar-refractivity contribution is 0.0342. The Morgan fingerprint density at radius 3 is 2.60 bits per heavy atom. The van der Waals surface area contributed by atoms with Crippen molar-refractivity contribution in [1.29, 1.82) is 0 Å². The van der Waals surface area contributed by atoms with E-state index in [9.17, 15) is 15.0 Å². The van der Waals surface area contributed by atoms with Gasteiger partial charge < -0.3 is 10.2 Å². The lowest BCUT2D eigenvalue weighted by Crippen LogP contribution is -2.19. The Hall–Kier alpha value is -0.710. The van der Waals surface area contributed by atoms with Crippen LogP contribution in [0.3, 0.4) is 0 Å². The van der Waals surface area contributed by atoms with E-state index in [2.05, 4.69) is 15.9 Å². The van der Waals surface area contributed by atoms with Crippen molar-refractivity contribution in [2.75, 3.05) is 5.33 Å². The van der Waals surface area contributed by atoms with Crippen molar-refractivity contribution in [2.45, 2.75) is 19.1 Å². The summed E-state index contributed by atoms with van der Waals surface area (Å²) in [5, 5.41) is 19.5. The predicted octanol–water partition coefficient (Wildman–Crippen LogP) is 1.60. The van der Waals surface area contributed by atoms with Gasteiger partial charge in [0.2, 0.25) is 0 Å². The van der Waals surface area contributed by atoms with Crippen LogP contribution < -0.4 is 0 Å². The fraction of sp³-hybridized carbons (Fsp3) is 0.364. The third-order valence-corrected chi connectivity index (χ3v) is 2.79. The number of benzene rings is 1. The fourth-order valence-electron chi connectivity index (χ4n) is 1.39. The van der Waals surface area contributed by atoms with Crippen molar-refractivity contribution in [3.63, 3.8) is 0 Å². The molecule has 0 aliphatic heterocycles. The molecule has 2 atom stereocenters. The third-order valence-electron chi connectivity index (χ3n) is 2.12. The molecule has 0 saturated heterocycles. The van der Waals surface area contributed by atoms with Crippen LogP contribution in [0.15, 0.2) is 18.2 Å². The Morgan fingerprint density at radius 2 is 2.07 bits per heavy atom. The minimum absolute atomic E-state index is 0.290. The van der Waals surface area contributed by atoms with E-state index in [1.807, 2.05) is 6.92 Å². The maximum absolute atomic E-state index is 10.6. The van der Waals surface area contributed by atoms with Crippen LogP contribution in [0.4, 0.5) is 0 Å². The number of hydrogen-bond acceptors (Lipinski definition) is 3. The number of carbonyl (C=O) groups is 1. The molecular formula is C11H13BrO3. The molecule has 1 aromatic carbocycles. The molecule has 2 unspecified atom stereocenters. The number of aryl methyl sites for hydroxylation is 1. The van der Waals surface area contributed by atoms with Crippen LogP contribution in [0.25, 0.3) is 0 Å². The molecular weight excluding hydrogens is 260 g/mol. The maximum atomic E-state index is 10.6. The van der Waals surface area contributed by atoms with Crippen molar-refractivity contribution in [3.8, 4) is 0 Å². The molecule has 82 valence electrons. The van der Waals surface area contributed by atoms with Crippen LogP contribution in [-0.4, -0.2) is 27.9 Å². The summed E-state index contributed by atoms with van der Waals surface area (Å²) in [6.07, 6.45) is -1.11. The summed E-state index contributed by atoms with van der Waals surface area (Å²) in [7, 11) is 0. The van der Waals surface area contributed by atoms with Gasteiger partial charge in [-0.3, -0.25) is 4.79 Å². The topological polar surface area (TPSA) is 57.5 Å². The van der Waals surface area contributed by atoms with E-state index < -0.39 is 12.2 Å².